The largest absolute Gasteiger partial charge is 0.391 e. The van der Waals surface area contributed by atoms with Gasteiger partial charge in [-0.25, -0.2) is 4.68 Å². The average molecular weight is 305 g/mol. The van der Waals surface area contributed by atoms with Gasteiger partial charge in [0.15, 0.2) is 0 Å². The van der Waals surface area contributed by atoms with E-state index in [0.29, 0.717) is 11.2 Å². The van der Waals surface area contributed by atoms with Crippen LogP contribution < -0.4 is 0 Å². The van der Waals surface area contributed by atoms with Crippen molar-refractivity contribution in [3.8, 4) is 11.3 Å². The van der Waals surface area contributed by atoms with Crippen molar-refractivity contribution in [3.63, 3.8) is 0 Å². The minimum Gasteiger partial charge on any atom is -0.391 e. The fourth-order valence-corrected chi connectivity index (χ4v) is 3.49. The van der Waals surface area contributed by atoms with E-state index in [1.807, 2.05) is 35.0 Å². The number of nitrogens with zero attached hydrogens (tertiary/aromatic N) is 2. The Kier molecular flexibility index (Phi) is 4.61. The molecule has 1 heterocycles. The Bertz CT molecular complexity index is 586. The van der Waals surface area contributed by atoms with Crippen molar-refractivity contribution in [1.82, 2.24) is 9.78 Å². The van der Waals surface area contributed by atoms with Crippen LogP contribution in [0.3, 0.4) is 0 Å². The number of hydrogen-bond acceptors (Lipinski definition) is 2. The van der Waals surface area contributed by atoms with Gasteiger partial charge in [-0.15, -0.1) is 0 Å². The topological polar surface area (TPSA) is 38.1 Å². The molecule has 3 rings (SSSR count). The molecular formula is C17H21ClN2O. The van der Waals surface area contributed by atoms with Crippen LogP contribution in [0.5, 0.6) is 0 Å². The van der Waals surface area contributed by atoms with Gasteiger partial charge >= 0.3 is 0 Å². The second-order valence-electron chi connectivity index (χ2n) is 5.73. The molecule has 0 saturated heterocycles. The van der Waals surface area contributed by atoms with Crippen molar-refractivity contribution in [3.05, 3.63) is 41.0 Å². The monoisotopic (exact) mass is 304 g/mol. The molecule has 0 bridgehead atoms. The van der Waals surface area contributed by atoms with Crippen LogP contribution in [0.4, 0.5) is 0 Å². The van der Waals surface area contributed by atoms with E-state index >= 15 is 0 Å². The zero-order valence-electron chi connectivity index (χ0n) is 12.1. The van der Waals surface area contributed by atoms with E-state index in [0.717, 1.165) is 29.7 Å². The second kappa shape index (κ2) is 6.63. The maximum absolute atomic E-state index is 9.69. The van der Waals surface area contributed by atoms with Crippen molar-refractivity contribution in [2.75, 3.05) is 0 Å². The summed E-state index contributed by atoms with van der Waals surface area (Å²) in [6.07, 6.45) is 7.31. The van der Waals surface area contributed by atoms with E-state index in [4.69, 9.17) is 16.7 Å². The lowest BCUT2D eigenvalue weighted by Gasteiger charge is -2.15. The number of aliphatic hydroxyl groups excluding tert-OH is 1. The summed E-state index contributed by atoms with van der Waals surface area (Å²) < 4.78 is 1.95. The van der Waals surface area contributed by atoms with Gasteiger partial charge in [0.1, 0.15) is 5.15 Å². The number of aromatic nitrogens is 2. The van der Waals surface area contributed by atoms with Gasteiger partial charge in [0.25, 0.3) is 0 Å². The molecule has 1 aromatic heterocycles. The molecule has 0 spiro atoms. The van der Waals surface area contributed by atoms with Crippen LogP contribution in [-0.2, 0) is 6.61 Å². The van der Waals surface area contributed by atoms with Crippen LogP contribution >= 0.6 is 11.6 Å². The van der Waals surface area contributed by atoms with Gasteiger partial charge in [-0.3, -0.25) is 0 Å². The lowest BCUT2D eigenvalue weighted by molar-refractivity contribution is 0.282. The summed E-state index contributed by atoms with van der Waals surface area (Å²) in [5, 5.41) is 15.0. The second-order valence-corrected chi connectivity index (χ2v) is 6.09. The van der Waals surface area contributed by atoms with E-state index in [2.05, 4.69) is 0 Å². The first-order valence-corrected chi connectivity index (χ1v) is 8.12. The minimum absolute atomic E-state index is 0.0736. The summed E-state index contributed by atoms with van der Waals surface area (Å²) in [5.74, 6) is 0. The maximum Gasteiger partial charge on any atom is 0.133 e. The van der Waals surface area contributed by atoms with Crippen LogP contribution in [0.15, 0.2) is 30.3 Å². The fraction of sp³-hybridized carbons (Fsp3) is 0.471. The van der Waals surface area contributed by atoms with Crippen LogP contribution in [0.2, 0.25) is 5.15 Å². The highest BCUT2D eigenvalue weighted by Gasteiger charge is 2.23. The number of aliphatic hydroxyl groups is 1. The summed E-state index contributed by atoms with van der Waals surface area (Å²) in [7, 11) is 0. The van der Waals surface area contributed by atoms with Crippen LogP contribution in [-0.4, -0.2) is 14.9 Å². The summed E-state index contributed by atoms with van der Waals surface area (Å²) in [5.41, 5.74) is 2.57. The first kappa shape index (κ1) is 14.6. The van der Waals surface area contributed by atoms with Gasteiger partial charge in [0, 0.05) is 11.1 Å². The lowest BCUT2D eigenvalue weighted by Crippen LogP contribution is -2.10. The van der Waals surface area contributed by atoms with Gasteiger partial charge in [-0.05, 0) is 12.8 Å². The molecule has 0 aliphatic heterocycles. The van der Waals surface area contributed by atoms with Gasteiger partial charge in [-0.2, -0.15) is 5.10 Å². The lowest BCUT2D eigenvalue weighted by atomic mass is 10.1. The third kappa shape index (κ3) is 2.99. The third-order valence-electron chi connectivity index (χ3n) is 4.32. The smallest absolute Gasteiger partial charge is 0.133 e. The third-order valence-corrected chi connectivity index (χ3v) is 4.72. The highest BCUT2D eigenvalue weighted by atomic mass is 35.5. The maximum atomic E-state index is 9.69. The molecule has 1 fully saturated rings. The van der Waals surface area contributed by atoms with Crippen molar-refractivity contribution in [2.24, 2.45) is 0 Å². The Morgan fingerprint density at radius 3 is 2.38 bits per heavy atom. The van der Waals surface area contributed by atoms with Crippen molar-refractivity contribution >= 4 is 11.6 Å². The number of halogens is 1. The Morgan fingerprint density at radius 1 is 1.10 bits per heavy atom. The molecule has 0 unspecified atom stereocenters. The molecule has 1 N–H and O–H groups in total. The molecule has 1 aliphatic carbocycles. The molecule has 21 heavy (non-hydrogen) atoms. The first-order chi connectivity index (χ1) is 10.3. The normalized spacial score (nSPS) is 16.9. The standard InChI is InChI=1S/C17H21ClN2O/c18-17-15(12-21)16(13-8-4-3-5-9-13)19-20(17)14-10-6-1-2-7-11-14/h3-5,8-9,14,21H,1-2,6-7,10-12H2. The zero-order valence-corrected chi connectivity index (χ0v) is 12.9. The predicted molar refractivity (Wildman–Crippen MR) is 85.3 cm³/mol. The first-order valence-electron chi connectivity index (χ1n) is 7.74. The average Bonchev–Trinajstić information content (AvgIpc) is 2.70. The van der Waals surface area contributed by atoms with E-state index in [-0.39, 0.29) is 6.61 Å². The molecule has 4 heteroatoms. The molecule has 0 atom stereocenters. The molecule has 3 nitrogen and oxygen atoms in total. The Balaban J connectivity index is 2.00. The minimum atomic E-state index is -0.0736. The summed E-state index contributed by atoms with van der Waals surface area (Å²) in [6, 6.07) is 10.3. The summed E-state index contributed by atoms with van der Waals surface area (Å²) in [4.78, 5) is 0. The van der Waals surface area contributed by atoms with E-state index < -0.39 is 0 Å². The number of benzene rings is 1. The van der Waals surface area contributed by atoms with Crippen LogP contribution in [0.25, 0.3) is 11.3 Å². The molecule has 1 aromatic carbocycles. The highest BCUT2D eigenvalue weighted by Crippen LogP contribution is 2.35. The number of hydrogen-bond donors (Lipinski definition) is 1. The molecule has 0 radical (unpaired) electrons. The molecule has 112 valence electrons. The number of rotatable bonds is 3. The van der Waals surface area contributed by atoms with Crippen molar-refractivity contribution in [2.45, 2.75) is 51.2 Å². The molecule has 0 amide bonds. The van der Waals surface area contributed by atoms with Crippen LogP contribution in [0.1, 0.15) is 50.1 Å². The highest BCUT2D eigenvalue weighted by molar-refractivity contribution is 6.30. The van der Waals surface area contributed by atoms with Crippen LogP contribution in [0, 0.1) is 0 Å². The fourth-order valence-electron chi connectivity index (χ4n) is 3.16. The molecular weight excluding hydrogens is 284 g/mol. The van der Waals surface area contributed by atoms with Gasteiger partial charge in [0.05, 0.1) is 18.3 Å². The van der Waals surface area contributed by atoms with Gasteiger partial charge < -0.3 is 5.11 Å². The zero-order chi connectivity index (χ0) is 14.7. The van der Waals surface area contributed by atoms with Crippen molar-refractivity contribution < 1.29 is 5.11 Å². The van der Waals surface area contributed by atoms with Gasteiger partial charge in [0.2, 0.25) is 0 Å². The Labute approximate surface area is 130 Å². The quantitative estimate of drug-likeness (QED) is 0.842. The van der Waals surface area contributed by atoms with Gasteiger partial charge in [-0.1, -0.05) is 67.6 Å². The summed E-state index contributed by atoms with van der Waals surface area (Å²) >= 11 is 6.51. The predicted octanol–water partition coefficient (Wildman–Crippen LogP) is 4.59. The molecule has 1 aliphatic rings. The van der Waals surface area contributed by atoms with E-state index in [1.165, 1.54) is 25.7 Å². The molecule has 1 saturated carbocycles. The Morgan fingerprint density at radius 2 is 1.76 bits per heavy atom. The van der Waals surface area contributed by atoms with Crippen molar-refractivity contribution in [1.29, 1.82) is 0 Å². The molecule has 2 aromatic rings. The SMILES string of the molecule is OCc1c(-c2ccccc2)nn(C2CCCCCC2)c1Cl. The Hall–Kier alpha value is -1.32. The van der Waals surface area contributed by atoms with E-state index in [9.17, 15) is 5.11 Å². The summed E-state index contributed by atoms with van der Waals surface area (Å²) in [6.45, 7) is -0.0736. The van der Waals surface area contributed by atoms with E-state index in [1.54, 1.807) is 0 Å².